The number of fused-ring (bicyclic) bond motifs is 2. The second-order valence-electron chi connectivity index (χ2n) is 14.7. The number of aromatic hydroxyl groups is 1. The third-order valence-electron chi connectivity index (χ3n) is 12.6. The van der Waals surface area contributed by atoms with Gasteiger partial charge < -0.3 is 14.9 Å². The molecule has 1 aromatic carbocycles. The maximum absolute atomic E-state index is 12.1. The van der Waals surface area contributed by atoms with Crippen molar-refractivity contribution in [2.75, 3.05) is 6.54 Å². The number of ether oxygens (including phenoxy) is 1. The lowest BCUT2D eigenvalue weighted by molar-refractivity contribution is -0.246. The molecule has 33 heavy (non-hydrogen) atoms. The number of nitrogens with zero attached hydrogens (tertiary/aromatic N) is 1. The first kappa shape index (κ1) is 20.0. The Balaban J connectivity index is 1.37. The molecule has 2 heterocycles. The highest BCUT2D eigenvalue weighted by Crippen LogP contribution is 2.87. The van der Waals surface area contributed by atoms with E-state index in [0.29, 0.717) is 11.8 Å². The van der Waals surface area contributed by atoms with Gasteiger partial charge in [-0.25, -0.2) is 0 Å². The number of hydrogen-bond donors (Lipinski definition) is 2. The fourth-order valence-corrected chi connectivity index (χ4v) is 10.6. The van der Waals surface area contributed by atoms with Crippen molar-refractivity contribution in [1.82, 2.24) is 4.90 Å². The minimum atomic E-state index is -0.778. The predicted octanol–water partition coefficient (Wildman–Crippen LogP) is 4.79. The zero-order valence-corrected chi connectivity index (χ0v) is 20.9. The maximum Gasteiger partial charge on any atom is 0.165 e. The second-order valence-corrected chi connectivity index (χ2v) is 14.7. The van der Waals surface area contributed by atoms with E-state index in [0.717, 1.165) is 30.9 Å². The number of hydrogen-bond acceptors (Lipinski definition) is 4. The topological polar surface area (TPSA) is 52.7 Å². The molecule has 9 rings (SSSR count). The Hall–Kier alpha value is -1.26. The number of benzene rings is 1. The normalized spacial score (nSPS) is 51.6. The summed E-state index contributed by atoms with van der Waals surface area (Å²) in [6.45, 7) is 12.4. The third kappa shape index (κ3) is 1.83. The van der Waals surface area contributed by atoms with E-state index in [2.05, 4.69) is 45.6 Å². The molecule has 5 saturated carbocycles. The molecule has 1 saturated heterocycles. The standard InChI is InChI=1S/C29H39NO3/c1-24(2,3)26(5,32)19-13-27-11-10-25(19,4)23-29(27)15-28(22(27)30(28)14-16-6-7-16)12-17-8-9-18(31)21(33-23)20(17)29/h8-9,16,19,22-23,31-32H,6-7,10-15H2,1-5H3/t19?,22-,23?,25?,26?,27?,28?,29-,30-/m0/s1. The van der Waals surface area contributed by atoms with Crippen molar-refractivity contribution in [3.05, 3.63) is 23.3 Å². The molecule has 4 heteroatoms. The van der Waals surface area contributed by atoms with Crippen molar-refractivity contribution in [3.63, 3.8) is 0 Å². The molecule has 9 atom stereocenters. The Morgan fingerprint density at radius 3 is 2.61 bits per heavy atom. The van der Waals surface area contributed by atoms with E-state index < -0.39 is 5.60 Å². The number of phenolic OH excluding ortho intramolecular Hbond substituents is 1. The van der Waals surface area contributed by atoms with Crippen molar-refractivity contribution in [2.45, 2.75) is 108 Å². The third-order valence-corrected chi connectivity index (χ3v) is 12.6. The van der Waals surface area contributed by atoms with Crippen molar-refractivity contribution in [2.24, 2.45) is 28.1 Å². The molecule has 6 unspecified atom stereocenters. The van der Waals surface area contributed by atoms with Crippen LogP contribution in [0, 0.1) is 28.1 Å². The Labute approximate surface area is 197 Å². The molecule has 2 aliphatic heterocycles. The summed E-state index contributed by atoms with van der Waals surface area (Å²) in [6.07, 6.45) is 8.62. The van der Waals surface area contributed by atoms with Crippen LogP contribution in [0.1, 0.15) is 84.3 Å². The summed E-state index contributed by atoms with van der Waals surface area (Å²) in [5, 5.41) is 23.1. The molecule has 6 aliphatic carbocycles. The van der Waals surface area contributed by atoms with E-state index in [1.54, 1.807) is 0 Å². The number of piperidine rings is 1. The van der Waals surface area contributed by atoms with Crippen molar-refractivity contribution >= 4 is 0 Å². The van der Waals surface area contributed by atoms with Gasteiger partial charge in [0.2, 0.25) is 0 Å². The number of likely N-dealkylation sites (tertiary alicyclic amines) is 1. The van der Waals surface area contributed by atoms with Gasteiger partial charge in [-0.1, -0.05) is 33.8 Å². The average molecular weight is 450 g/mol. The van der Waals surface area contributed by atoms with Crippen LogP contribution in [0.4, 0.5) is 0 Å². The summed E-state index contributed by atoms with van der Waals surface area (Å²) < 4.78 is 6.94. The van der Waals surface area contributed by atoms with E-state index in [1.807, 2.05) is 6.07 Å². The molecule has 1 aromatic rings. The number of phenols is 1. The Kier molecular flexibility index (Phi) is 3.11. The van der Waals surface area contributed by atoms with Gasteiger partial charge in [0.1, 0.15) is 6.10 Å². The molecular weight excluding hydrogens is 410 g/mol. The summed E-state index contributed by atoms with van der Waals surface area (Å²) in [5.74, 6) is 2.20. The van der Waals surface area contributed by atoms with Gasteiger partial charge in [0, 0.05) is 39.9 Å². The summed E-state index contributed by atoms with van der Waals surface area (Å²) in [7, 11) is 0. The Bertz CT molecular complexity index is 1120. The van der Waals surface area contributed by atoms with Gasteiger partial charge in [0.05, 0.1) is 5.60 Å². The minimum absolute atomic E-state index is 0.0108. The first-order valence-corrected chi connectivity index (χ1v) is 13.4. The fraction of sp³-hybridized carbons (Fsp3) is 0.793. The first-order chi connectivity index (χ1) is 15.4. The van der Waals surface area contributed by atoms with Crippen LogP contribution in [0.3, 0.4) is 0 Å². The lowest BCUT2D eigenvalue weighted by Crippen LogP contribution is -2.73. The fourth-order valence-electron chi connectivity index (χ4n) is 10.6. The van der Waals surface area contributed by atoms with Crippen molar-refractivity contribution < 1.29 is 14.9 Å². The highest BCUT2D eigenvalue weighted by molar-refractivity contribution is 5.67. The number of aliphatic hydroxyl groups is 1. The van der Waals surface area contributed by atoms with Gasteiger partial charge in [0.25, 0.3) is 0 Å². The van der Waals surface area contributed by atoms with Crippen LogP contribution in [0.5, 0.6) is 11.5 Å². The molecule has 3 spiro atoms. The minimum Gasteiger partial charge on any atom is -0.504 e. The van der Waals surface area contributed by atoms with E-state index in [-0.39, 0.29) is 39.2 Å². The van der Waals surface area contributed by atoms with E-state index in [1.165, 1.54) is 43.4 Å². The summed E-state index contributed by atoms with van der Waals surface area (Å²) in [4.78, 5) is 2.91. The summed E-state index contributed by atoms with van der Waals surface area (Å²) in [6, 6.07) is 4.70. The Morgan fingerprint density at radius 2 is 1.91 bits per heavy atom. The first-order valence-electron chi connectivity index (χ1n) is 13.4. The van der Waals surface area contributed by atoms with Crippen LogP contribution in [0.25, 0.3) is 0 Å². The highest BCUT2D eigenvalue weighted by atomic mass is 16.5. The van der Waals surface area contributed by atoms with Crippen LogP contribution < -0.4 is 4.74 Å². The van der Waals surface area contributed by atoms with Gasteiger partial charge in [-0.15, -0.1) is 0 Å². The summed E-state index contributed by atoms with van der Waals surface area (Å²) >= 11 is 0. The average Bonchev–Trinajstić information content (AvgIpc) is 3.59. The van der Waals surface area contributed by atoms with Gasteiger partial charge in [-0.2, -0.15) is 0 Å². The predicted molar refractivity (Wildman–Crippen MR) is 126 cm³/mol. The molecule has 8 aliphatic rings. The lowest BCUT2D eigenvalue weighted by Gasteiger charge is -2.70. The zero-order chi connectivity index (χ0) is 23.0. The molecule has 0 radical (unpaired) electrons. The monoisotopic (exact) mass is 449 g/mol. The highest BCUT2D eigenvalue weighted by Gasteiger charge is 2.91. The van der Waals surface area contributed by atoms with Gasteiger partial charge in [-0.05, 0) is 80.8 Å². The quantitative estimate of drug-likeness (QED) is 0.652. The molecule has 178 valence electrons. The molecule has 6 fully saturated rings. The van der Waals surface area contributed by atoms with Crippen LogP contribution >= 0.6 is 0 Å². The lowest BCUT2D eigenvalue weighted by atomic mass is 9.35. The van der Waals surface area contributed by atoms with Crippen LogP contribution in [0.15, 0.2) is 12.1 Å². The zero-order valence-electron chi connectivity index (χ0n) is 20.9. The molecule has 4 nitrogen and oxygen atoms in total. The van der Waals surface area contributed by atoms with Crippen LogP contribution in [0.2, 0.25) is 0 Å². The molecule has 0 amide bonds. The maximum atomic E-state index is 12.1. The Morgan fingerprint density at radius 1 is 1.15 bits per heavy atom. The van der Waals surface area contributed by atoms with Gasteiger partial charge in [-0.3, -0.25) is 4.90 Å². The van der Waals surface area contributed by atoms with Crippen molar-refractivity contribution in [1.29, 1.82) is 0 Å². The van der Waals surface area contributed by atoms with E-state index >= 15 is 0 Å². The second kappa shape index (κ2) is 5.14. The molecular formula is C29H39NO3. The van der Waals surface area contributed by atoms with E-state index in [4.69, 9.17) is 4.74 Å². The number of rotatable bonds is 3. The molecule has 2 N–H and O–H groups in total. The van der Waals surface area contributed by atoms with Crippen LogP contribution in [-0.4, -0.2) is 44.9 Å². The SMILES string of the molecule is CC12CCC3(CC1C(C)(O)C(C)(C)C)[C@@H]1[N@](CC4CC4)C14Cc1ccc(O)c5c1[C@@]3(C4)C2O5. The van der Waals surface area contributed by atoms with Gasteiger partial charge >= 0.3 is 0 Å². The molecule has 4 bridgehead atoms. The largest absolute Gasteiger partial charge is 0.504 e. The molecule has 0 aromatic heterocycles. The van der Waals surface area contributed by atoms with Gasteiger partial charge in [0.15, 0.2) is 11.5 Å². The van der Waals surface area contributed by atoms with Crippen molar-refractivity contribution in [3.8, 4) is 11.5 Å². The smallest absolute Gasteiger partial charge is 0.165 e. The van der Waals surface area contributed by atoms with E-state index in [9.17, 15) is 10.2 Å². The summed E-state index contributed by atoms with van der Waals surface area (Å²) in [5.41, 5.74) is 2.17. The van der Waals surface area contributed by atoms with Crippen LogP contribution in [-0.2, 0) is 11.8 Å².